The molecule has 6 rings (SSSR count). The van der Waals surface area contributed by atoms with E-state index < -0.39 is 0 Å². The van der Waals surface area contributed by atoms with Crippen molar-refractivity contribution in [3.8, 4) is 0 Å². The molecule has 2 heterocycles. The van der Waals surface area contributed by atoms with Crippen LogP contribution in [0, 0.1) is 46.3 Å². The van der Waals surface area contributed by atoms with Crippen molar-refractivity contribution in [3.63, 3.8) is 0 Å². The Labute approximate surface area is 193 Å². The minimum absolute atomic E-state index is 0.166. The van der Waals surface area contributed by atoms with Crippen molar-refractivity contribution < 1.29 is 9.47 Å². The van der Waals surface area contributed by atoms with E-state index in [1.807, 2.05) is 0 Å². The lowest BCUT2D eigenvalue weighted by Gasteiger charge is -2.58. The van der Waals surface area contributed by atoms with Crippen molar-refractivity contribution in [2.75, 3.05) is 6.61 Å². The topological polar surface area (TPSA) is 67.2 Å². The van der Waals surface area contributed by atoms with Crippen molar-refractivity contribution in [3.05, 3.63) is 22.1 Å². The molecule has 0 bridgehead atoms. The molecule has 32 heavy (non-hydrogen) atoms. The number of fused-ring (bicyclic) bond motifs is 7. The number of hydrogen-bond acceptors (Lipinski definition) is 3. The highest BCUT2D eigenvalue weighted by atomic mass is 16.7. The van der Waals surface area contributed by atoms with Crippen LogP contribution in [-0.4, -0.2) is 24.5 Å². The molecule has 11 atom stereocenters. The number of allylic oxidation sites excluding steroid dienone is 1. The quantitative estimate of drug-likeness (QED) is 0.190. The Bertz CT molecular complexity index is 857. The summed E-state index contributed by atoms with van der Waals surface area (Å²) in [6.45, 7) is 10.8. The maximum Gasteiger partial charge on any atom is 0.171 e. The van der Waals surface area contributed by atoms with Crippen LogP contribution in [0.25, 0.3) is 10.4 Å². The van der Waals surface area contributed by atoms with Gasteiger partial charge >= 0.3 is 0 Å². The summed E-state index contributed by atoms with van der Waals surface area (Å²) in [6.07, 6.45) is 13.6. The van der Waals surface area contributed by atoms with E-state index in [9.17, 15) is 0 Å². The van der Waals surface area contributed by atoms with E-state index in [1.54, 1.807) is 5.57 Å². The van der Waals surface area contributed by atoms with Gasteiger partial charge in [-0.25, -0.2) is 0 Å². The molecule has 0 N–H and O–H groups in total. The monoisotopic (exact) mass is 439 g/mol. The van der Waals surface area contributed by atoms with Gasteiger partial charge in [-0.1, -0.05) is 44.5 Å². The first-order valence-electron chi connectivity index (χ1n) is 13.4. The van der Waals surface area contributed by atoms with Crippen LogP contribution in [0.4, 0.5) is 0 Å². The third kappa shape index (κ3) is 2.80. The van der Waals surface area contributed by atoms with Gasteiger partial charge in [-0.05, 0) is 97.3 Å². The minimum atomic E-state index is -0.308. The molecular weight excluding hydrogens is 398 g/mol. The van der Waals surface area contributed by atoms with Crippen LogP contribution in [0.3, 0.4) is 0 Å². The van der Waals surface area contributed by atoms with Crippen molar-refractivity contribution in [2.24, 2.45) is 51.5 Å². The fourth-order valence-electron chi connectivity index (χ4n) is 9.83. The van der Waals surface area contributed by atoms with Crippen LogP contribution in [0.1, 0.15) is 85.5 Å². The summed E-state index contributed by atoms with van der Waals surface area (Å²) in [7, 11) is 0. The number of nitrogens with zero attached hydrogens (tertiary/aromatic N) is 3. The summed E-state index contributed by atoms with van der Waals surface area (Å²) in [5, 5.41) is 4.08. The highest BCUT2D eigenvalue weighted by molar-refractivity contribution is 5.26. The van der Waals surface area contributed by atoms with Gasteiger partial charge in [0.2, 0.25) is 0 Å². The fourth-order valence-corrected chi connectivity index (χ4v) is 9.83. The van der Waals surface area contributed by atoms with Crippen molar-refractivity contribution in [1.82, 2.24) is 0 Å². The summed E-state index contributed by atoms with van der Waals surface area (Å²) in [5.74, 6) is 3.82. The number of azide groups is 1. The van der Waals surface area contributed by atoms with Crippen LogP contribution in [-0.2, 0) is 9.47 Å². The van der Waals surface area contributed by atoms with E-state index in [2.05, 4.69) is 43.8 Å². The van der Waals surface area contributed by atoms with Crippen LogP contribution in [0.15, 0.2) is 16.8 Å². The van der Waals surface area contributed by atoms with Gasteiger partial charge in [0, 0.05) is 23.3 Å². The molecule has 2 saturated heterocycles. The van der Waals surface area contributed by atoms with Gasteiger partial charge in [0.05, 0.1) is 12.7 Å². The van der Waals surface area contributed by atoms with Gasteiger partial charge in [-0.2, -0.15) is 0 Å². The van der Waals surface area contributed by atoms with Gasteiger partial charge in [0.1, 0.15) is 0 Å². The van der Waals surface area contributed by atoms with E-state index in [-0.39, 0.29) is 11.8 Å². The molecule has 5 fully saturated rings. The summed E-state index contributed by atoms with van der Waals surface area (Å²) >= 11 is 0. The highest BCUT2D eigenvalue weighted by Crippen LogP contribution is 2.70. The maximum atomic E-state index is 8.92. The van der Waals surface area contributed by atoms with Crippen LogP contribution in [0.2, 0.25) is 0 Å². The number of ether oxygens (including phenoxy) is 2. The lowest BCUT2D eigenvalue weighted by molar-refractivity contribution is -0.272. The molecule has 2 aliphatic heterocycles. The molecule has 3 saturated carbocycles. The van der Waals surface area contributed by atoms with Gasteiger partial charge in [0.15, 0.2) is 5.79 Å². The zero-order valence-electron chi connectivity index (χ0n) is 20.4. The third-order valence-electron chi connectivity index (χ3n) is 11.6. The van der Waals surface area contributed by atoms with Crippen molar-refractivity contribution >= 4 is 0 Å². The zero-order valence-corrected chi connectivity index (χ0v) is 20.4. The fraction of sp³-hybridized carbons (Fsp3) is 0.926. The largest absolute Gasteiger partial charge is 0.349 e. The molecular formula is C27H41N3O2. The smallest absolute Gasteiger partial charge is 0.171 e. The third-order valence-corrected chi connectivity index (χ3v) is 11.6. The average molecular weight is 440 g/mol. The normalized spacial score (nSPS) is 56.4. The second kappa shape index (κ2) is 7.23. The SMILES string of the molecule is C[C@@H]1CC[C@@]2(OC1)O[C@H]1C[C@H]3[C@@H]4CC=C5C[C@H](N=[N+]=[N-])CC[C@]5(C)[C@H]4CC[C@]3(C)[C@H]1[C@@H]2C. The van der Waals surface area contributed by atoms with E-state index in [0.29, 0.717) is 34.7 Å². The van der Waals surface area contributed by atoms with E-state index in [1.165, 1.54) is 38.5 Å². The number of hydrogen-bond donors (Lipinski definition) is 0. The zero-order chi connectivity index (χ0) is 22.3. The van der Waals surface area contributed by atoms with Crippen LogP contribution >= 0.6 is 0 Å². The summed E-state index contributed by atoms with van der Waals surface area (Å²) in [5.41, 5.74) is 11.2. The Kier molecular flexibility index (Phi) is 4.86. The number of rotatable bonds is 1. The van der Waals surface area contributed by atoms with Crippen molar-refractivity contribution in [2.45, 2.75) is 103 Å². The first-order valence-corrected chi connectivity index (χ1v) is 13.4. The Balaban J connectivity index is 1.26. The first-order chi connectivity index (χ1) is 15.3. The van der Waals surface area contributed by atoms with Crippen LogP contribution < -0.4 is 0 Å². The predicted molar refractivity (Wildman–Crippen MR) is 125 cm³/mol. The minimum Gasteiger partial charge on any atom is -0.349 e. The molecule has 5 nitrogen and oxygen atoms in total. The molecule has 5 heteroatoms. The summed E-state index contributed by atoms with van der Waals surface area (Å²) in [4.78, 5) is 3.11. The predicted octanol–water partition coefficient (Wildman–Crippen LogP) is 7.03. The lowest BCUT2D eigenvalue weighted by atomic mass is 9.46. The van der Waals surface area contributed by atoms with Gasteiger partial charge in [-0.15, -0.1) is 0 Å². The molecule has 0 unspecified atom stereocenters. The standard InChI is InChI=1S/C27H41N3O2/c1-16-7-12-27(31-15-16)17(2)24-23(32-27)14-22-20-6-5-18-13-19(29-30-28)8-10-25(18,3)21(20)9-11-26(22,24)4/h5,16-17,19-24H,6-15H2,1-4H3/t16-,17+,19-,20-,21+,22+,23+,24+,25+,26+,27-/m1/s1. The van der Waals surface area contributed by atoms with Gasteiger partial charge in [-0.3, -0.25) is 0 Å². The molecule has 0 aromatic heterocycles. The molecule has 1 spiro atoms. The summed E-state index contributed by atoms with van der Waals surface area (Å²) in [6, 6.07) is 0.166. The Hall–Kier alpha value is -1.03. The Morgan fingerprint density at radius 1 is 1.09 bits per heavy atom. The molecule has 6 aliphatic rings. The second-order valence-corrected chi connectivity index (χ2v) is 12.9. The lowest BCUT2D eigenvalue weighted by Crippen LogP contribution is -2.52. The van der Waals surface area contributed by atoms with E-state index in [0.717, 1.165) is 43.6 Å². The maximum absolute atomic E-state index is 8.92. The van der Waals surface area contributed by atoms with Gasteiger partial charge in [0.25, 0.3) is 0 Å². The highest BCUT2D eigenvalue weighted by Gasteiger charge is 2.68. The molecule has 176 valence electrons. The molecule has 0 amide bonds. The Morgan fingerprint density at radius 3 is 2.69 bits per heavy atom. The Morgan fingerprint density at radius 2 is 1.94 bits per heavy atom. The van der Waals surface area contributed by atoms with Crippen LogP contribution in [0.5, 0.6) is 0 Å². The average Bonchev–Trinajstić information content (AvgIpc) is 3.21. The molecule has 0 aromatic rings. The van der Waals surface area contributed by atoms with E-state index in [4.69, 9.17) is 15.0 Å². The van der Waals surface area contributed by atoms with Gasteiger partial charge < -0.3 is 9.47 Å². The molecule has 0 radical (unpaired) electrons. The molecule has 0 aromatic carbocycles. The second-order valence-electron chi connectivity index (χ2n) is 12.9. The summed E-state index contributed by atoms with van der Waals surface area (Å²) < 4.78 is 13.4. The molecule has 4 aliphatic carbocycles. The first kappa shape index (κ1) is 21.5. The van der Waals surface area contributed by atoms with E-state index >= 15 is 0 Å². The van der Waals surface area contributed by atoms with Crippen molar-refractivity contribution in [1.29, 1.82) is 0 Å².